The maximum Gasteiger partial charge on any atom is 0.315 e. The predicted molar refractivity (Wildman–Crippen MR) is 71.5 cm³/mol. The van der Waals surface area contributed by atoms with Crippen molar-refractivity contribution in [1.29, 1.82) is 0 Å². The van der Waals surface area contributed by atoms with Crippen LogP contribution in [-0.4, -0.2) is 29.2 Å². The number of hydrogen-bond acceptors (Lipinski definition) is 2. The molecule has 0 bridgehead atoms. The fraction of sp³-hybridized carbons (Fsp3) is 0.846. The van der Waals surface area contributed by atoms with Crippen molar-refractivity contribution < 1.29 is 14.7 Å². The average Bonchev–Trinajstić information content (AvgIpc) is 2.26. The molecule has 0 saturated heterocycles. The monoisotopic (exact) mass is 258 g/mol. The standard InChI is InChI=1S/C13H26N2O3/c1-5-7-11(8-12(16)17)15-13(18)14-10(4)9(3)6-2/h9-11H,5-8H2,1-4H3,(H,16,17)(H2,14,15,18). The summed E-state index contributed by atoms with van der Waals surface area (Å²) in [6.07, 6.45) is 2.49. The van der Waals surface area contributed by atoms with Crippen molar-refractivity contribution >= 4 is 12.0 Å². The van der Waals surface area contributed by atoms with E-state index in [2.05, 4.69) is 24.5 Å². The normalized spacial score (nSPS) is 15.6. The molecule has 0 rings (SSSR count). The Balaban J connectivity index is 4.20. The summed E-state index contributed by atoms with van der Waals surface area (Å²) in [5.74, 6) is -0.483. The number of urea groups is 1. The minimum atomic E-state index is -0.885. The molecule has 0 spiro atoms. The van der Waals surface area contributed by atoms with Crippen LogP contribution in [0.15, 0.2) is 0 Å². The first kappa shape index (κ1) is 16.7. The Morgan fingerprint density at radius 2 is 1.78 bits per heavy atom. The molecule has 0 heterocycles. The maximum absolute atomic E-state index is 11.7. The van der Waals surface area contributed by atoms with Gasteiger partial charge in [-0.15, -0.1) is 0 Å². The number of hydrogen-bond donors (Lipinski definition) is 3. The van der Waals surface area contributed by atoms with Crippen LogP contribution in [0.5, 0.6) is 0 Å². The van der Waals surface area contributed by atoms with E-state index in [9.17, 15) is 9.59 Å². The molecule has 0 aromatic carbocycles. The Bertz CT molecular complexity index is 269. The topological polar surface area (TPSA) is 78.4 Å². The van der Waals surface area contributed by atoms with Crippen molar-refractivity contribution in [2.45, 2.75) is 65.5 Å². The molecular formula is C13H26N2O3. The fourth-order valence-corrected chi connectivity index (χ4v) is 1.71. The minimum absolute atomic E-state index is 0.0288. The molecule has 18 heavy (non-hydrogen) atoms. The van der Waals surface area contributed by atoms with E-state index >= 15 is 0 Å². The van der Waals surface area contributed by atoms with E-state index in [1.165, 1.54) is 0 Å². The molecule has 3 unspecified atom stereocenters. The van der Waals surface area contributed by atoms with Gasteiger partial charge in [0.25, 0.3) is 0 Å². The smallest absolute Gasteiger partial charge is 0.315 e. The lowest BCUT2D eigenvalue weighted by molar-refractivity contribution is -0.137. The van der Waals surface area contributed by atoms with Gasteiger partial charge in [-0.1, -0.05) is 33.6 Å². The van der Waals surface area contributed by atoms with Gasteiger partial charge in [0.15, 0.2) is 0 Å². The molecule has 5 heteroatoms. The summed E-state index contributed by atoms with van der Waals surface area (Å²) < 4.78 is 0. The van der Waals surface area contributed by atoms with Crippen molar-refractivity contribution in [2.75, 3.05) is 0 Å². The molecule has 2 amide bonds. The maximum atomic E-state index is 11.7. The van der Waals surface area contributed by atoms with E-state index < -0.39 is 5.97 Å². The third-order valence-electron chi connectivity index (χ3n) is 3.25. The third kappa shape index (κ3) is 7.14. The first-order valence-corrected chi connectivity index (χ1v) is 6.69. The number of aliphatic carboxylic acids is 1. The molecule has 0 aliphatic heterocycles. The second-order valence-corrected chi connectivity index (χ2v) is 4.88. The van der Waals surface area contributed by atoms with E-state index in [1.54, 1.807) is 0 Å². The van der Waals surface area contributed by atoms with Gasteiger partial charge in [-0.2, -0.15) is 0 Å². The SMILES string of the molecule is CCCC(CC(=O)O)NC(=O)NC(C)C(C)CC. The number of amides is 2. The highest BCUT2D eigenvalue weighted by atomic mass is 16.4. The van der Waals surface area contributed by atoms with Crippen molar-refractivity contribution in [3.63, 3.8) is 0 Å². The van der Waals surface area contributed by atoms with Gasteiger partial charge in [0, 0.05) is 12.1 Å². The highest BCUT2D eigenvalue weighted by molar-refractivity contribution is 5.76. The van der Waals surface area contributed by atoms with E-state index in [0.29, 0.717) is 12.3 Å². The molecule has 3 atom stereocenters. The molecular weight excluding hydrogens is 232 g/mol. The lowest BCUT2D eigenvalue weighted by atomic mass is 10.0. The Morgan fingerprint density at radius 3 is 2.22 bits per heavy atom. The van der Waals surface area contributed by atoms with Gasteiger partial charge in [0.1, 0.15) is 0 Å². The summed E-state index contributed by atoms with van der Waals surface area (Å²) in [5, 5.41) is 14.3. The summed E-state index contributed by atoms with van der Waals surface area (Å²) in [4.78, 5) is 22.4. The van der Waals surface area contributed by atoms with Gasteiger partial charge in [0.05, 0.1) is 6.42 Å². The van der Waals surface area contributed by atoms with E-state index in [-0.39, 0.29) is 24.5 Å². The summed E-state index contributed by atoms with van der Waals surface area (Å²) in [6.45, 7) is 8.08. The van der Waals surface area contributed by atoms with Gasteiger partial charge >= 0.3 is 12.0 Å². The molecule has 106 valence electrons. The molecule has 0 aliphatic rings. The van der Waals surface area contributed by atoms with Crippen molar-refractivity contribution in [1.82, 2.24) is 10.6 Å². The summed E-state index contributed by atoms with van der Waals surface area (Å²) in [6, 6.07) is -0.485. The number of carbonyl (C=O) groups is 2. The third-order valence-corrected chi connectivity index (χ3v) is 3.25. The highest BCUT2D eigenvalue weighted by Crippen LogP contribution is 2.07. The van der Waals surface area contributed by atoms with Crippen LogP contribution in [0, 0.1) is 5.92 Å². The molecule has 0 fully saturated rings. The zero-order valence-electron chi connectivity index (χ0n) is 11.8. The minimum Gasteiger partial charge on any atom is -0.481 e. The summed E-state index contributed by atoms with van der Waals surface area (Å²) in [5.41, 5.74) is 0. The van der Waals surface area contributed by atoms with Crippen LogP contribution in [0.1, 0.15) is 53.4 Å². The Labute approximate surface area is 109 Å². The van der Waals surface area contributed by atoms with Gasteiger partial charge in [-0.05, 0) is 19.3 Å². The molecule has 0 radical (unpaired) electrons. The second kappa shape index (κ2) is 8.78. The number of rotatable bonds is 8. The Hall–Kier alpha value is -1.26. The molecule has 0 aliphatic carbocycles. The highest BCUT2D eigenvalue weighted by Gasteiger charge is 2.17. The number of carboxylic acid groups (broad SMARTS) is 1. The predicted octanol–water partition coefficient (Wildman–Crippen LogP) is 2.36. The average molecular weight is 258 g/mol. The van der Waals surface area contributed by atoms with Gasteiger partial charge in [-0.3, -0.25) is 4.79 Å². The van der Waals surface area contributed by atoms with E-state index in [1.807, 2.05) is 13.8 Å². The van der Waals surface area contributed by atoms with Gasteiger partial charge in [0.2, 0.25) is 0 Å². The van der Waals surface area contributed by atoms with Crippen LogP contribution in [-0.2, 0) is 4.79 Å². The first-order valence-electron chi connectivity index (χ1n) is 6.69. The van der Waals surface area contributed by atoms with E-state index in [4.69, 9.17) is 5.11 Å². The zero-order chi connectivity index (χ0) is 14.1. The van der Waals surface area contributed by atoms with Crippen molar-refractivity contribution in [2.24, 2.45) is 5.92 Å². The lowest BCUT2D eigenvalue weighted by Gasteiger charge is -2.22. The summed E-state index contributed by atoms with van der Waals surface area (Å²) in [7, 11) is 0. The van der Waals surface area contributed by atoms with Crippen LogP contribution in [0.3, 0.4) is 0 Å². The Kier molecular flexibility index (Phi) is 8.16. The largest absolute Gasteiger partial charge is 0.481 e. The molecule has 0 aromatic heterocycles. The molecule has 3 N–H and O–H groups in total. The van der Waals surface area contributed by atoms with Crippen LogP contribution in [0.4, 0.5) is 4.79 Å². The molecule has 0 aromatic rings. The van der Waals surface area contributed by atoms with E-state index in [0.717, 1.165) is 12.8 Å². The van der Waals surface area contributed by atoms with Gasteiger partial charge < -0.3 is 15.7 Å². The zero-order valence-corrected chi connectivity index (χ0v) is 11.8. The Morgan fingerprint density at radius 1 is 1.17 bits per heavy atom. The fourth-order valence-electron chi connectivity index (χ4n) is 1.71. The second-order valence-electron chi connectivity index (χ2n) is 4.88. The van der Waals surface area contributed by atoms with Crippen LogP contribution < -0.4 is 10.6 Å². The molecule has 0 saturated carbocycles. The van der Waals surface area contributed by atoms with Crippen LogP contribution in [0.25, 0.3) is 0 Å². The number of nitrogens with one attached hydrogen (secondary N) is 2. The van der Waals surface area contributed by atoms with Gasteiger partial charge in [-0.25, -0.2) is 4.79 Å². The molecule has 5 nitrogen and oxygen atoms in total. The summed E-state index contributed by atoms with van der Waals surface area (Å²) >= 11 is 0. The first-order chi connectivity index (χ1) is 8.40. The quantitative estimate of drug-likeness (QED) is 0.625. The number of carboxylic acids is 1. The van der Waals surface area contributed by atoms with Crippen LogP contribution in [0.2, 0.25) is 0 Å². The lowest BCUT2D eigenvalue weighted by Crippen LogP contribution is -2.47. The van der Waals surface area contributed by atoms with Crippen molar-refractivity contribution in [3.8, 4) is 0 Å². The van der Waals surface area contributed by atoms with Crippen molar-refractivity contribution in [3.05, 3.63) is 0 Å². The van der Waals surface area contributed by atoms with Crippen LogP contribution >= 0.6 is 0 Å². The number of carbonyl (C=O) groups excluding carboxylic acids is 1.